The monoisotopic (exact) mass is 477 g/mol. The van der Waals surface area contributed by atoms with E-state index >= 15 is 0 Å². The molecule has 1 aliphatic rings. The topological polar surface area (TPSA) is 85.0 Å². The maximum absolute atomic E-state index is 12.6. The standard InChI is InChI=1S/C22H25Cl2N5O3/c1-15(30)27(2)14-20(31)25-16-6-8-17(9-7-16)28-10-12-29(13-11-28)22(32)26-21-18(23)4-3-5-19(21)24/h3-9H,10-14H2,1-2H3,(H,25,31)(H,26,32). The van der Waals surface area contributed by atoms with Gasteiger partial charge in [-0.05, 0) is 36.4 Å². The van der Waals surface area contributed by atoms with Gasteiger partial charge < -0.3 is 25.3 Å². The third kappa shape index (κ3) is 6.05. The van der Waals surface area contributed by atoms with Gasteiger partial charge >= 0.3 is 6.03 Å². The number of carbonyl (C=O) groups excluding carboxylic acids is 3. The lowest BCUT2D eigenvalue weighted by Crippen LogP contribution is -2.50. The zero-order valence-electron chi connectivity index (χ0n) is 17.9. The fourth-order valence-electron chi connectivity index (χ4n) is 3.25. The van der Waals surface area contributed by atoms with E-state index in [1.165, 1.54) is 11.8 Å². The molecule has 1 heterocycles. The number of rotatable bonds is 5. The lowest BCUT2D eigenvalue weighted by molar-refractivity contribution is -0.131. The number of halogens is 2. The largest absolute Gasteiger partial charge is 0.368 e. The lowest BCUT2D eigenvalue weighted by atomic mass is 10.2. The van der Waals surface area contributed by atoms with Crippen LogP contribution in [0.3, 0.4) is 0 Å². The summed E-state index contributed by atoms with van der Waals surface area (Å²) >= 11 is 12.3. The molecule has 0 aromatic heterocycles. The smallest absolute Gasteiger partial charge is 0.322 e. The van der Waals surface area contributed by atoms with Crippen LogP contribution >= 0.6 is 23.2 Å². The van der Waals surface area contributed by atoms with E-state index in [-0.39, 0.29) is 24.4 Å². The third-order valence-corrected chi connectivity index (χ3v) is 5.83. The van der Waals surface area contributed by atoms with Crippen molar-refractivity contribution >= 4 is 58.1 Å². The summed E-state index contributed by atoms with van der Waals surface area (Å²) in [7, 11) is 1.58. The second-order valence-corrected chi connectivity index (χ2v) is 8.29. The molecule has 2 aromatic rings. The second-order valence-electron chi connectivity index (χ2n) is 7.47. The first-order valence-electron chi connectivity index (χ1n) is 10.1. The molecular weight excluding hydrogens is 453 g/mol. The van der Waals surface area contributed by atoms with E-state index in [1.807, 2.05) is 24.3 Å². The Morgan fingerprint density at radius 3 is 2.09 bits per heavy atom. The molecule has 1 saturated heterocycles. The number of amides is 4. The van der Waals surface area contributed by atoms with Crippen LogP contribution in [0.15, 0.2) is 42.5 Å². The van der Waals surface area contributed by atoms with Gasteiger partial charge in [0.25, 0.3) is 0 Å². The molecule has 0 atom stereocenters. The Kier molecular flexibility index (Phi) is 7.82. The number of likely N-dealkylation sites (N-methyl/N-ethyl adjacent to an activating group) is 1. The van der Waals surface area contributed by atoms with E-state index < -0.39 is 0 Å². The van der Waals surface area contributed by atoms with Gasteiger partial charge in [-0.15, -0.1) is 0 Å². The summed E-state index contributed by atoms with van der Waals surface area (Å²) in [5.41, 5.74) is 2.07. The summed E-state index contributed by atoms with van der Waals surface area (Å²) in [6.07, 6.45) is 0. The molecule has 0 unspecified atom stereocenters. The zero-order chi connectivity index (χ0) is 23.3. The van der Waals surface area contributed by atoms with Crippen LogP contribution in [0.5, 0.6) is 0 Å². The SMILES string of the molecule is CC(=O)N(C)CC(=O)Nc1ccc(N2CCN(C(=O)Nc3c(Cl)cccc3Cl)CC2)cc1. The Balaban J connectivity index is 1.51. The molecular formula is C22H25Cl2N5O3. The normalized spacial score (nSPS) is 13.5. The van der Waals surface area contributed by atoms with Crippen molar-refractivity contribution in [3.05, 3.63) is 52.5 Å². The molecule has 2 aromatic carbocycles. The number of benzene rings is 2. The minimum Gasteiger partial charge on any atom is -0.368 e. The van der Waals surface area contributed by atoms with Gasteiger partial charge in [0, 0.05) is 51.5 Å². The fourth-order valence-corrected chi connectivity index (χ4v) is 3.75. The van der Waals surface area contributed by atoms with Gasteiger partial charge in [0.1, 0.15) is 0 Å². The highest BCUT2D eigenvalue weighted by atomic mass is 35.5. The Morgan fingerprint density at radius 1 is 0.938 bits per heavy atom. The van der Waals surface area contributed by atoms with E-state index in [9.17, 15) is 14.4 Å². The van der Waals surface area contributed by atoms with Crippen molar-refractivity contribution in [1.29, 1.82) is 0 Å². The summed E-state index contributed by atoms with van der Waals surface area (Å²) in [5.74, 6) is -0.424. The predicted molar refractivity (Wildman–Crippen MR) is 128 cm³/mol. The van der Waals surface area contributed by atoms with Crippen molar-refractivity contribution in [2.75, 3.05) is 55.3 Å². The van der Waals surface area contributed by atoms with E-state index in [0.29, 0.717) is 47.6 Å². The van der Waals surface area contributed by atoms with Gasteiger partial charge in [0.05, 0.1) is 22.3 Å². The average Bonchev–Trinajstić information content (AvgIpc) is 2.76. The first-order valence-corrected chi connectivity index (χ1v) is 10.9. The van der Waals surface area contributed by atoms with Crippen LogP contribution in [-0.2, 0) is 9.59 Å². The van der Waals surface area contributed by atoms with Crippen molar-refractivity contribution < 1.29 is 14.4 Å². The van der Waals surface area contributed by atoms with Crippen LogP contribution in [0.1, 0.15) is 6.92 Å². The van der Waals surface area contributed by atoms with Gasteiger partial charge in [0.2, 0.25) is 11.8 Å². The number of hydrogen-bond acceptors (Lipinski definition) is 4. The second kappa shape index (κ2) is 10.6. The van der Waals surface area contributed by atoms with Crippen LogP contribution in [0.2, 0.25) is 10.0 Å². The van der Waals surface area contributed by atoms with Gasteiger partial charge in [-0.3, -0.25) is 9.59 Å². The Morgan fingerprint density at radius 2 is 1.53 bits per heavy atom. The fraction of sp³-hybridized carbons (Fsp3) is 0.318. The van der Waals surface area contributed by atoms with Gasteiger partial charge in [-0.25, -0.2) is 4.79 Å². The first kappa shape index (κ1) is 23.7. The molecule has 0 bridgehead atoms. The molecule has 32 heavy (non-hydrogen) atoms. The number of piperazine rings is 1. The van der Waals surface area contributed by atoms with Crippen LogP contribution in [-0.4, -0.2) is 67.4 Å². The van der Waals surface area contributed by atoms with Crippen LogP contribution in [0.4, 0.5) is 21.9 Å². The number of carbonyl (C=O) groups is 3. The Labute approximate surface area is 197 Å². The third-order valence-electron chi connectivity index (χ3n) is 5.20. The van der Waals surface area contributed by atoms with Crippen molar-refractivity contribution in [3.8, 4) is 0 Å². The van der Waals surface area contributed by atoms with E-state index in [4.69, 9.17) is 23.2 Å². The Hall–Kier alpha value is -2.97. The van der Waals surface area contributed by atoms with Crippen molar-refractivity contribution in [1.82, 2.24) is 9.80 Å². The number of anilines is 3. The first-order chi connectivity index (χ1) is 15.2. The highest BCUT2D eigenvalue weighted by molar-refractivity contribution is 6.39. The average molecular weight is 478 g/mol. The van der Waals surface area contributed by atoms with Gasteiger partial charge in [-0.2, -0.15) is 0 Å². The predicted octanol–water partition coefficient (Wildman–Crippen LogP) is 3.76. The molecule has 8 nitrogen and oxygen atoms in total. The van der Waals surface area contributed by atoms with Crippen molar-refractivity contribution in [2.24, 2.45) is 0 Å². The van der Waals surface area contributed by atoms with Crippen molar-refractivity contribution in [2.45, 2.75) is 6.92 Å². The molecule has 1 aliphatic heterocycles. The molecule has 170 valence electrons. The summed E-state index contributed by atoms with van der Waals surface area (Å²) in [5, 5.41) is 6.35. The molecule has 0 aliphatic carbocycles. The van der Waals surface area contributed by atoms with Gasteiger partial charge in [0.15, 0.2) is 0 Å². The number of hydrogen-bond donors (Lipinski definition) is 2. The minimum absolute atomic E-state index is 0.000510. The molecule has 10 heteroatoms. The summed E-state index contributed by atoms with van der Waals surface area (Å²) in [4.78, 5) is 41.1. The minimum atomic E-state index is -0.256. The molecule has 0 radical (unpaired) electrons. The van der Waals surface area contributed by atoms with Crippen molar-refractivity contribution in [3.63, 3.8) is 0 Å². The summed E-state index contributed by atoms with van der Waals surface area (Å²) < 4.78 is 0. The van der Waals surface area contributed by atoms with E-state index in [2.05, 4.69) is 15.5 Å². The maximum atomic E-state index is 12.6. The molecule has 0 spiro atoms. The Bertz CT molecular complexity index is 971. The highest BCUT2D eigenvalue weighted by Gasteiger charge is 2.22. The number of para-hydroxylation sites is 1. The molecule has 3 rings (SSSR count). The van der Waals surface area contributed by atoms with Crippen LogP contribution in [0, 0.1) is 0 Å². The van der Waals surface area contributed by atoms with Crippen LogP contribution < -0.4 is 15.5 Å². The molecule has 1 fully saturated rings. The van der Waals surface area contributed by atoms with E-state index in [1.54, 1.807) is 30.1 Å². The number of nitrogens with one attached hydrogen (secondary N) is 2. The lowest BCUT2D eigenvalue weighted by Gasteiger charge is -2.36. The number of nitrogens with zero attached hydrogens (tertiary/aromatic N) is 3. The maximum Gasteiger partial charge on any atom is 0.322 e. The molecule has 0 saturated carbocycles. The summed E-state index contributed by atoms with van der Waals surface area (Å²) in [6.45, 7) is 3.84. The molecule has 2 N–H and O–H groups in total. The molecule has 4 amide bonds. The summed E-state index contributed by atoms with van der Waals surface area (Å²) in [6, 6.07) is 12.3. The highest BCUT2D eigenvalue weighted by Crippen LogP contribution is 2.30. The zero-order valence-corrected chi connectivity index (χ0v) is 19.4. The number of urea groups is 1. The van der Waals surface area contributed by atoms with E-state index in [0.717, 1.165) is 5.69 Å². The van der Waals surface area contributed by atoms with Gasteiger partial charge in [-0.1, -0.05) is 29.3 Å². The quantitative estimate of drug-likeness (QED) is 0.686. The van der Waals surface area contributed by atoms with Crippen LogP contribution in [0.25, 0.3) is 0 Å².